The van der Waals surface area contributed by atoms with Gasteiger partial charge in [0.15, 0.2) is 21.3 Å². The van der Waals surface area contributed by atoms with Crippen LogP contribution >= 0.6 is 11.6 Å². The molecule has 1 amide bonds. The highest BCUT2D eigenvalue weighted by atomic mass is 35.5. The molecule has 0 bridgehead atoms. The number of aryl methyl sites for hydroxylation is 1. The Balaban J connectivity index is 1.27. The van der Waals surface area contributed by atoms with Gasteiger partial charge in [-0.15, -0.1) is 0 Å². The van der Waals surface area contributed by atoms with Gasteiger partial charge in [0.1, 0.15) is 35.2 Å². The van der Waals surface area contributed by atoms with E-state index in [0.717, 1.165) is 18.4 Å². The molecular weight excluding hydrogens is 905 g/mol. The van der Waals surface area contributed by atoms with E-state index in [0.29, 0.717) is 52.2 Å². The van der Waals surface area contributed by atoms with Crippen LogP contribution in [0.3, 0.4) is 0 Å². The Bertz CT molecular complexity index is 2930. The number of rotatable bonds is 10. The highest BCUT2D eigenvalue weighted by Gasteiger charge is 2.68. The van der Waals surface area contributed by atoms with Crippen molar-refractivity contribution in [3.63, 3.8) is 0 Å². The van der Waals surface area contributed by atoms with E-state index in [9.17, 15) is 40.0 Å². The summed E-state index contributed by atoms with van der Waals surface area (Å²) in [6.07, 6.45) is -4.47. The molecule has 4 heterocycles. The first-order valence-corrected chi connectivity index (χ1v) is 23.1. The zero-order valence-corrected chi connectivity index (χ0v) is 37.2. The maximum absolute atomic E-state index is 15.6. The summed E-state index contributed by atoms with van der Waals surface area (Å²) in [6, 6.07) is 8.46. The largest absolute Gasteiger partial charge is 0.444 e. The van der Waals surface area contributed by atoms with Gasteiger partial charge in [0.25, 0.3) is 5.92 Å². The van der Waals surface area contributed by atoms with Gasteiger partial charge >= 0.3 is 12.3 Å². The van der Waals surface area contributed by atoms with E-state index >= 15 is 8.78 Å². The van der Waals surface area contributed by atoms with Gasteiger partial charge in [-0.2, -0.15) is 32.1 Å². The number of ketones is 1. The third-order valence-electron chi connectivity index (χ3n) is 11.7. The highest BCUT2D eigenvalue weighted by molar-refractivity contribution is 7.89. The average Bonchev–Trinajstić information content (AvgIpc) is 3.40. The fraction of sp³-hybridized carbons (Fsp3) is 0.444. The van der Waals surface area contributed by atoms with E-state index < -0.39 is 111 Å². The summed E-state index contributed by atoms with van der Waals surface area (Å²) in [5.41, 5.74) is -2.34. The molecule has 4 atom stereocenters. The molecule has 0 N–H and O–H groups in total. The molecule has 20 heteroatoms. The van der Waals surface area contributed by atoms with E-state index in [1.165, 1.54) is 15.6 Å². The molecule has 5 aromatic rings. The third kappa shape index (κ3) is 9.33. The standard InChI is InChI=1S/C45H42ClF7N6O5S/c1-43(2,3)64-42(61)58-14-6-7-28(58)10-8-27-9-11-30(31-12-13-34(46)37-35(22-65(5,62)63)55-57(4)39(31)37)38(54-27)24(15-23-16-25(47)19-26(48)17-23)18-29(60)21-59-41-36(40(56-59)45(51,52)53)32-20-33(32)44(41,49)50/h9,11-13,16-17,19,24,28,32-33H,6-7,14-15,18,20-22H2,1-5H3/t24-,28?,32+,33-/m1/s1. The molecule has 11 nitrogen and oxygen atoms in total. The molecule has 344 valence electrons. The van der Waals surface area contributed by atoms with Crippen LogP contribution in [0.25, 0.3) is 22.0 Å². The number of alkyl halides is 5. The van der Waals surface area contributed by atoms with E-state index in [-0.39, 0.29) is 40.5 Å². The number of hydrogen-bond donors (Lipinski definition) is 0. The second-order valence-corrected chi connectivity index (χ2v) is 20.5. The zero-order valence-electron chi connectivity index (χ0n) is 35.7. The van der Waals surface area contributed by atoms with Crippen molar-refractivity contribution < 1.29 is 53.5 Å². The van der Waals surface area contributed by atoms with Gasteiger partial charge in [-0.3, -0.25) is 19.1 Å². The van der Waals surface area contributed by atoms with Crippen LogP contribution in [0.1, 0.15) is 97.9 Å². The molecule has 1 saturated carbocycles. The van der Waals surface area contributed by atoms with Crippen LogP contribution < -0.4 is 0 Å². The van der Waals surface area contributed by atoms with Gasteiger partial charge < -0.3 is 4.74 Å². The predicted octanol–water partition coefficient (Wildman–Crippen LogP) is 9.27. The monoisotopic (exact) mass is 946 g/mol. The first-order valence-electron chi connectivity index (χ1n) is 20.7. The number of fused-ring (bicyclic) bond motifs is 4. The number of nitrogens with zero attached hydrogens (tertiary/aromatic N) is 6. The fourth-order valence-corrected chi connectivity index (χ4v) is 10.1. The van der Waals surface area contributed by atoms with Crippen LogP contribution in [0, 0.1) is 29.4 Å². The number of carbonyl (C=O) groups is 2. The summed E-state index contributed by atoms with van der Waals surface area (Å²) >= 11 is 6.68. The number of likely N-dealkylation sites (tertiary alicyclic amines) is 1. The van der Waals surface area contributed by atoms with Gasteiger partial charge in [-0.1, -0.05) is 23.6 Å². The van der Waals surface area contributed by atoms with Gasteiger partial charge in [0, 0.05) is 66.2 Å². The molecule has 3 aromatic heterocycles. The SMILES string of the molecule is Cn1nc(CS(C)(=O)=O)c2c(Cl)ccc(-c3ccc(C#CC4CCCN4C(=O)OC(C)(C)C)nc3[C@@H](CC(=O)Cn3nc(C(F)(F)F)c4c3C(F)(F)[C@@H]3C[C@H]43)Cc3cc(F)cc(F)c3)c21. The third-order valence-corrected chi connectivity index (χ3v) is 12.8. The van der Waals surface area contributed by atoms with Crippen molar-refractivity contribution in [2.24, 2.45) is 13.0 Å². The van der Waals surface area contributed by atoms with Crippen LogP contribution in [0.5, 0.6) is 0 Å². The predicted molar refractivity (Wildman–Crippen MR) is 225 cm³/mol. The molecule has 1 saturated heterocycles. The summed E-state index contributed by atoms with van der Waals surface area (Å²) in [6.45, 7) is 4.61. The molecule has 65 heavy (non-hydrogen) atoms. The Kier molecular flexibility index (Phi) is 11.7. The molecule has 0 spiro atoms. The van der Waals surface area contributed by atoms with Crippen LogP contribution in [-0.2, 0) is 57.2 Å². The van der Waals surface area contributed by atoms with Crippen molar-refractivity contribution in [2.45, 2.75) is 101 Å². The molecular formula is C45H42ClF7N6O5S. The summed E-state index contributed by atoms with van der Waals surface area (Å²) in [5.74, 6) is -4.31. The number of sulfone groups is 1. The van der Waals surface area contributed by atoms with Gasteiger partial charge in [0.05, 0.1) is 33.7 Å². The van der Waals surface area contributed by atoms with Crippen LogP contribution in [0.15, 0.2) is 42.5 Å². The topological polar surface area (TPSA) is 129 Å². The molecule has 2 aliphatic carbocycles. The van der Waals surface area contributed by atoms with Crippen LogP contribution in [-0.4, -0.2) is 74.2 Å². The second kappa shape index (κ2) is 16.4. The number of aromatic nitrogens is 5. The minimum Gasteiger partial charge on any atom is -0.444 e. The number of carbonyl (C=O) groups excluding carboxylic acids is 2. The van der Waals surface area contributed by atoms with Crippen LogP contribution in [0.2, 0.25) is 5.02 Å². The highest BCUT2D eigenvalue weighted by Crippen LogP contribution is 2.68. The molecule has 2 aromatic carbocycles. The van der Waals surface area contributed by atoms with Crippen molar-refractivity contribution in [2.75, 3.05) is 12.8 Å². The fourth-order valence-electron chi connectivity index (χ4n) is 9.10. The Morgan fingerprint density at radius 2 is 1.72 bits per heavy atom. The molecule has 0 radical (unpaired) electrons. The lowest BCUT2D eigenvalue weighted by Gasteiger charge is -2.26. The molecule has 1 unspecified atom stereocenters. The van der Waals surface area contributed by atoms with E-state index in [2.05, 4.69) is 22.0 Å². The lowest BCUT2D eigenvalue weighted by molar-refractivity contribution is -0.142. The Morgan fingerprint density at radius 3 is 2.38 bits per heavy atom. The minimum atomic E-state index is -5.07. The van der Waals surface area contributed by atoms with E-state index in [1.54, 1.807) is 46.0 Å². The van der Waals surface area contributed by atoms with Crippen molar-refractivity contribution in [1.82, 2.24) is 29.4 Å². The smallest absolute Gasteiger partial charge is 0.435 e. The summed E-state index contributed by atoms with van der Waals surface area (Å²) in [4.78, 5) is 33.7. The summed E-state index contributed by atoms with van der Waals surface area (Å²) in [5, 5.41) is 8.44. The van der Waals surface area contributed by atoms with Gasteiger partial charge in [-0.05, 0) is 94.2 Å². The normalized spacial score (nSPS) is 19.5. The second-order valence-electron chi connectivity index (χ2n) is 17.9. The average molecular weight is 947 g/mol. The first kappa shape index (κ1) is 46.1. The van der Waals surface area contributed by atoms with Crippen molar-refractivity contribution in [3.05, 3.63) is 98.7 Å². The number of benzene rings is 2. The first-order chi connectivity index (χ1) is 30.3. The number of amides is 1. The Hall–Kier alpha value is -5.48. The Morgan fingerprint density at radius 1 is 1.03 bits per heavy atom. The molecule has 8 rings (SSSR count). The number of pyridine rings is 1. The van der Waals surface area contributed by atoms with E-state index in [1.807, 2.05) is 0 Å². The lowest BCUT2D eigenvalue weighted by Crippen LogP contribution is -2.39. The molecule has 2 fully saturated rings. The van der Waals surface area contributed by atoms with Crippen molar-refractivity contribution in [3.8, 4) is 23.0 Å². The van der Waals surface area contributed by atoms with Crippen molar-refractivity contribution >= 4 is 44.2 Å². The Labute approximate surface area is 374 Å². The summed E-state index contributed by atoms with van der Waals surface area (Å²) < 4.78 is 136. The molecule has 1 aliphatic heterocycles. The van der Waals surface area contributed by atoms with Gasteiger partial charge in [0.2, 0.25) is 0 Å². The lowest BCUT2D eigenvalue weighted by atomic mass is 9.86. The number of hydrogen-bond acceptors (Lipinski definition) is 8. The number of halogens is 8. The maximum Gasteiger partial charge on any atom is 0.435 e. The van der Waals surface area contributed by atoms with Crippen molar-refractivity contribution in [1.29, 1.82) is 0 Å². The van der Waals surface area contributed by atoms with E-state index in [4.69, 9.17) is 21.3 Å². The number of Topliss-reactive ketones (excluding diaryl/α,β-unsaturated/α-hetero) is 1. The minimum absolute atomic E-state index is 0.0617. The molecule has 3 aliphatic rings. The number of ether oxygens (including phenoxy) is 1. The summed E-state index contributed by atoms with van der Waals surface area (Å²) in [7, 11) is -2.06. The van der Waals surface area contributed by atoms with Crippen LogP contribution in [0.4, 0.5) is 35.5 Å². The zero-order chi connectivity index (χ0) is 47.1. The quantitative estimate of drug-likeness (QED) is 0.100. The van der Waals surface area contributed by atoms with Gasteiger partial charge in [-0.25, -0.2) is 27.0 Å². The maximum atomic E-state index is 15.6.